The summed E-state index contributed by atoms with van der Waals surface area (Å²) in [7, 11) is -4.95. The van der Waals surface area contributed by atoms with Crippen molar-refractivity contribution in [2.75, 3.05) is 0 Å². The van der Waals surface area contributed by atoms with Crippen LogP contribution in [0.3, 0.4) is 0 Å². The highest BCUT2D eigenvalue weighted by atomic mass is 31.2. The summed E-state index contributed by atoms with van der Waals surface area (Å²) in [6, 6.07) is 7.55. The number of rotatable bonds is 2. The molecule has 0 atom stereocenters. The lowest BCUT2D eigenvalue weighted by Gasteiger charge is -2.06. The molecule has 0 saturated carbocycles. The minimum Gasteiger partial charge on any atom is -0.412 e. The molecule has 0 heterocycles. The molecule has 0 aliphatic rings. The van der Waals surface area contributed by atoms with Crippen molar-refractivity contribution < 1.29 is 17.7 Å². The third-order valence-corrected chi connectivity index (χ3v) is 2.16. The Balaban J connectivity index is 2.84. The van der Waals surface area contributed by atoms with Crippen LogP contribution in [0.4, 0.5) is 8.39 Å². The molecular formula is C8H8F2NO2P. The van der Waals surface area contributed by atoms with Gasteiger partial charge in [-0.05, 0) is 12.1 Å². The molecule has 0 fully saturated rings. The standard InChI is InChI=1S/C8H8F2NO2P/c1-7(12)11-14(9,10)13-8-5-3-2-4-6-8/h2-6H,1H3. The lowest BCUT2D eigenvalue weighted by Crippen LogP contribution is -1.87. The Bertz CT molecular complexity index is 374. The van der Waals surface area contributed by atoms with Crippen LogP contribution in [0, 0.1) is 0 Å². The molecule has 6 heteroatoms. The van der Waals surface area contributed by atoms with Crippen LogP contribution in [-0.4, -0.2) is 5.91 Å². The summed E-state index contributed by atoms with van der Waals surface area (Å²) in [6.45, 7) is 0.961. The van der Waals surface area contributed by atoms with Gasteiger partial charge in [0.15, 0.2) is 0 Å². The predicted octanol–water partition coefficient (Wildman–Crippen LogP) is 3.50. The van der Waals surface area contributed by atoms with Crippen molar-refractivity contribution >= 4 is 13.8 Å². The number of amides is 1. The Kier molecular flexibility index (Phi) is 3.36. The Morgan fingerprint density at radius 3 is 2.43 bits per heavy atom. The summed E-state index contributed by atoms with van der Waals surface area (Å²) in [5, 5.41) is 0. The fourth-order valence-corrected chi connectivity index (χ4v) is 1.54. The van der Waals surface area contributed by atoms with Gasteiger partial charge in [0.25, 0.3) is 0 Å². The van der Waals surface area contributed by atoms with Gasteiger partial charge in [-0.25, -0.2) is 0 Å². The molecule has 3 nitrogen and oxygen atoms in total. The van der Waals surface area contributed by atoms with E-state index < -0.39 is 13.8 Å². The number of benzene rings is 1. The molecule has 0 unspecified atom stereocenters. The van der Waals surface area contributed by atoms with Gasteiger partial charge in [0.1, 0.15) is 5.75 Å². The molecule has 1 amide bonds. The van der Waals surface area contributed by atoms with Crippen LogP contribution in [0.1, 0.15) is 6.92 Å². The first-order valence-electron chi connectivity index (χ1n) is 3.76. The van der Waals surface area contributed by atoms with Gasteiger partial charge in [0.2, 0.25) is 5.91 Å². The number of halogens is 2. The van der Waals surface area contributed by atoms with Crippen molar-refractivity contribution in [1.29, 1.82) is 0 Å². The van der Waals surface area contributed by atoms with Crippen LogP contribution in [-0.2, 0) is 4.79 Å². The highest BCUT2D eigenvalue weighted by Crippen LogP contribution is 2.53. The van der Waals surface area contributed by atoms with E-state index in [9.17, 15) is 13.2 Å². The number of carbonyl (C=O) groups excluding carboxylic acids is 1. The molecule has 1 aromatic carbocycles. The van der Waals surface area contributed by atoms with Gasteiger partial charge in [-0.1, -0.05) is 18.2 Å². The number of nitrogens with zero attached hydrogens (tertiary/aromatic N) is 1. The molecule has 1 aromatic rings. The van der Waals surface area contributed by atoms with E-state index >= 15 is 0 Å². The number of hydrogen-bond donors (Lipinski definition) is 0. The highest BCUT2D eigenvalue weighted by molar-refractivity contribution is 7.51. The van der Waals surface area contributed by atoms with Crippen molar-refractivity contribution in [2.24, 2.45) is 4.74 Å². The maximum absolute atomic E-state index is 12.9. The van der Waals surface area contributed by atoms with Gasteiger partial charge in [-0.15, -0.1) is 13.1 Å². The number of hydrogen-bond acceptors (Lipinski definition) is 2. The fourth-order valence-electron chi connectivity index (χ4n) is 0.793. The smallest absolute Gasteiger partial charge is 0.412 e. The van der Waals surface area contributed by atoms with Gasteiger partial charge in [-0.2, -0.15) is 0 Å². The van der Waals surface area contributed by atoms with Crippen LogP contribution < -0.4 is 4.52 Å². The molecule has 1 rings (SSSR count). The summed E-state index contributed by atoms with van der Waals surface area (Å²) in [5.41, 5.74) is 0. The Morgan fingerprint density at radius 1 is 1.36 bits per heavy atom. The van der Waals surface area contributed by atoms with Gasteiger partial charge < -0.3 is 4.52 Å². The second-order valence-electron chi connectivity index (χ2n) is 2.46. The van der Waals surface area contributed by atoms with Crippen molar-refractivity contribution in [3.63, 3.8) is 0 Å². The van der Waals surface area contributed by atoms with Gasteiger partial charge >= 0.3 is 7.90 Å². The van der Waals surface area contributed by atoms with Crippen LogP contribution in [0.25, 0.3) is 0 Å². The first-order chi connectivity index (χ1) is 6.49. The second-order valence-corrected chi connectivity index (χ2v) is 3.71. The molecule has 76 valence electrons. The van der Waals surface area contributed by atoms with E-state index in [2.05, 4.69) is 9.27 Å². The van der Waals surface area contributed by atoms with Gasteiger partial charge in [-0.3, -0.25) is 4.79 Å². The molecule has 0 N–H and O–H groups in total. The zero-order chi connectivity index (χ0) is 10.6. The summed E-state index contributed by atoms with van der Waals surface area (Å²) < 4.78 is 32.6. The van der Waals surface area contributed by atoms with Crippen molar-refractivity contribution in [3.05, 3.63) is 30.3 Å². The quantitative estimate of drug-likeness (QED) is 0.714. The third kappa shape index (κ3) is 3.66. The largest absolute Gasteiger partial charge is 0.496 e. The van der Waals surface area contributed by atoms with Gasteiger partial charge in [0, 0.05) is 6.92 Å². The minimum absolute atomic E-state index is 0.0100. The maximum Gasteiger partial charge on any atom is 0.496 e. The molecule has 0 spiro atoms. The summed E-state index contributed by atoms with van der Waals surface area (Å²) >= 11 is 0. The van der Waals surface area contributed by atoms with E-state index in [0.717, 1.165) is 6.92 Å². The predicted molar refractivity (Wildman–Crippen MR) is 49.3 cm³/mol. The molecule has 0 saturated heterocycles. The third-order valence-electron chi connectivity index (χ3n) is 1.22. The van der Waals surface area contributed by atoms with E-state index in [-0.39, 0.29) is 5.75 Å². The van der Waals surface area contributed by atoms with Crippen LogP contribution in [0.2, 0.25) is 0 Å². The first kappa shape index (κ1) is 10.9. The normalized spacial score (nSPS) is 10.8. The fraction of sp³-hybridized carbons (Fsp3) is 0.125. The van der Waals surface area contributed by atoms with Crippen LogP contribution in [0.5, 0.6) is 5.75 Å². The molecule has 0 radical (unpaired) electrons. The zero-order valence-corrected chi connectivity index (χ0v) is 8.25. The van der Waals surface area contributed by atoms with Crippen molar-refractivity contribution in [3.8, 4) is 5.75 Å². The Hall–Kier alpha value is -1.22. The van der Waals surface area contributed by atoms with E-state index in [4.69, 9.17) is 0 Å². The zero-order valence-electron chi connectivity index (χ0n) is 7.35. The Labute approximate surface area is 80.1 Å². The molecule has 0 aliphatic heterocycles. The van der Waals surface area contributed by atoms with Crippen molar-refractivity contribution in [2.45, 2.75) is 6.92 Å². The van der Waals surface area contributed by atoms with E-state index in [1.807, 2.05) is 0 Å². The van der Waals surface area contributed by atoms with Crippen molar-refractivity contribution in [1.82, 2.24) is 0 Å². The first-order valence-corrected chi connectivity index (χ1v) is 5.20. The summed E-state index contributed by atoms with van der Waals surface area (Å²) in [5.74, 6) is -0.921. The monoisotopic (exact) mass is 219 g/mol. The molecular weight excluding hydrogens is 211 g/mol. The SMILES string of the molecule is CC(=O)N=P(F)(F)Oc1ccccc1. The molecule has 14 heavy (non-hydrogen) atoms. The van der Waals surface area contributed by atoms with E-state index in [1.165, 1.54) is 12.1 Å². The topological polar surface area (TPSA) is 38.7 Å². The molecule has 0 aromatic heterocycles. The lowest BCUT2D eigenvalue weighted by atomic mass is 10.3. The van der Waals surface area contributed by atoms with Gasteiger partial charge in [0.05, 0.1) is 0 Å². The molecule has 0 aliphatic carbocycles. The second kappa shape index (κ2) is 4.33. The summed E-state index contributed by atoms with van der Waals surface area (Å²) in [4.78, 5) is 10.4. The average Bonchev–Trinajstić information content (AvgIpc) is 2.02. The number of carbonyl (C=O) groups is 1. The summed E-state index contributed by atoms with van der Waals surface area (Å²) in [6.07, 6.45) is 0. The number of para-hydroxylation sites is 1. The molecule has 0 bridgehead atoms. The lowest BCUT2D eigenvalue weighted by molar-refractivity contribution is -0.115. The maximum atomic E-state index is 12.9. The highest BCUT2D eigenvalue weighted by Gasteiger charge is 2.21. The van der Waals surface area contributed by atoms with Crippen LogP contribution >= 0.6 is 7.90 Å². The van der Waals surface area contributed by atoms with Crippen LogP contribution in [0.15, 0.2) is 35.1 Å². The minimum atomic E-state index is -4.95. The van der Waals surface area contributed by atoms with E-state index in [0.29, 0.717) is 0 Å². The average molecular weight is 219 g/mol. The Morgan fingerprint density at radius 2 is 1.93 bits per heavy atom. The van der Waals surface area contributed by atoms with E-state index in [1.54, 1.807) is 18.2 Å².